The van der Waals surface area contributed by atoms with E-state index in [2.05, 4.69) is 15.3 Å². The Bertz CT molecular complexity index is 559. The lowest BCUT2D eigenvalue weighted by molar-refractivity contribution is 0.100. The van der Waals surface area contributed by atoms with Crippen molar-refractivity contribution in [3.63, 3.8) is 0 Å². The van der Waals surface area contributed by atoms with Crippen LogP contribution in [0.25, 0.3) is 0 Å². The average Bonchev–Trinajstić information content (AvgIpc) is 2.38. The van der Waals surface area contributed by atoms with E-state index in [1.807, 2.05) is 0 Å². The Balaban J connectivity index is 2.14. The third kappa shape index (κ3) is 2.95. The zero-order valence-corrected chi connectivity index (χ0v) is 10.2. The molecule has 0 saturated heterocycles. The predicted molar refractivity (Wildman–Crippen MR) is 69.3 cm³/mol. The van der Waals surface area contributed by atoms with E-state index in [1.54, 1.807) is 30.5 Å². The Morgan fingerprint density at radius 1 is 1.39 bits per heavy atom. The first-order valence-electron chi connectivity index (χ1n) is 5.25. The molecular formula is C12H11ClN4O. The fraction of sp³-hybridized carbons (Fsp3) is 0.0833. The summed E-state index contributed by atoms with van der Waals surface area (Å²) in [6.07, 6.45) is 3.13. The van der Waals surface area contributed by atoms with Crippen LogP contribution >= 0.6 is 11.6 Å². The maximum Gasteiger partial charge on any atom is 0.248 e. The van der Waals surface area contributed by atoms with Crippen LogP contribution in [0.2, 0.25) is 5.02 Å². The monoisotopic (exact) mass is 262 g/mol. The minimum absolute atomic E-state index is 0.407. The summed E-state index contributed by atoms with van der Waals surface area (Å²) in [6, 6.07) is 6.62. The average molecular weight is 263 g/mol. The minimum Gasteiger partial charge on any atom is -0.378 e. The van der Waals surface area contributed by atoms with Gasteiger partial charge in [-0.05, 0) is 24.3 Å². The lowest BCUT2D eigenvalue weighted by atomic mass is 10.2. The van der Waals surface area contributed by atoms with Gasteiger partial charge in [0.1, 0.15) is 6.33 Å². The number of nitrogens with two attached hydrogens (primary N) is 1. The molecule has 92 valence electrons. The maximum absolute atomic E-state index is 11.1. The fourth-order valence-electron chi connectivity index (χ4n) is 1.42. The number of primary amides is 1. The van der Waals surface area contributed by atoms with Gasteiger partial charge >= 0.3 is 0 Å². The van der Waals surface area contributed by atoms with Crippen molar-refractivity contribution in [3.05, 3.63) is 53.1 Å². The van der Waals surface area contributed by atoms with Crippen LogP contribution in [0.5, 0.6) is 0 Å². The molecule has 2 rings (SSSR count). The number of hydrogen-bond donors (Lipinski definition) is 2. The van der Waals surface area contributed by atoms with Crippen LogP contribution in [0, 0.1) is 0 Å². The van der Waals surface area contributed by atoms with Crippen LogP contribution in [0.3, 0.4) is 0 Å². The summed E-state index contributed by atoms with van der Waals surface area (Å²) in [5.74, 6) is -0.489. The van der Waals surface area contributed by atoms with Crippen LogP contribution < -0.4 is 11.1 Å². The second-order valence-corrected chi connectivity index (χ2v) is 4.02. The van der Waals surface area contributed by atoms with Crippen LogP contribution in [0.4, 0.5) is 5.69 Å². The second kappa shape index (κ2) is 5.46. The van der Waals surface area contributed by atoms with Crippen molar-refractivity contribution in [1.29, 1.82) is 0 Å². The molecule has 2 aromatic rings. The number of aromatic nitrogens is 2. The number of nitrogens with one attached hydrogen (secondary N) is 1. The molecular weight excluding hydrogens is 252 g/mol. The smallest absolute Gasteiger partial charge is 0.248 e. The highest BCUT2D eigenvalue weighted by atomic mass is 35.5. The molecule has 5 nitrogen and oxygen atoms in total. The van der Waals surface area contributed by atoms with Gasteiger partial charge in [0.15, 0.2) is 0 Å². The Labute approximate surface area is 109 Å². The molecule has 0 aliphatic rings. The molecule has 0 radical (unpaired) electrons. The molecule has 0 spiro atoms. The third-order valence-electron chi connectivity index (χ3n) is 2.35. The highest BCUT2D eigenvalue weighted by Crippen LogP contribution is 2.23. The van der Waals surface area contributed by atoms with Crippen LogP contribution in [0.15, 0.2) is 36.8 Å². The summed E-state index contributed by atoms with van der Waals surface area (Å²) in [5.41, 5.74) is 7.09. The number of nitrogens with zero attached hydrogens (tertiary/aromatic N) is 2. The first-order chi connectivity index (χ1) is 8.66. The van der Waals surface area contributed by atoms with Crippen molar-refractivity contribution in [2.45, 2.75) is 6.54 Å². The summed E-state index contributed by atoms with van der Waals surface area (Å²) in [6.45, 7) is 0.491. The van der Waals surface area contributed by atoms with Crippen LogP contribution in [-0.4, -0.2) is 15.9 Å². The molecule has 1 aromatic heterocycles. The number of benzene rings is 1. The highest BCUT2D eigenvalue weighted by molar-refractivity contribution is 6.33. The molecule has 0 aliphatic carbocycles. The van der Waals surface area contributed by atoms with Gasteiger partial charge < -0.3 is 11.1 Å². The molecule has 0 unspecified atom stereocenters. The summed E-state index contributed by atoms with van der Waals surface area (Å²) in [7, 11) is 0. The Morgan fingerprint density at radius 2 is 2.22 bits per heavy atom. The third-order valence-corrected chi connectivity index (χ3v) is 2.68. The van der Waals surface area contributed by atoms with Crippen molar-refractivity contribution in [3.8, 4) is 0 Å². The van der Waals surface area contributed by atoms with E-state index in [-0.39, 0.29) is 0 Å². The number of carbonyl (C=O) groups excluding carboxylic acids is 1. The Kier molecular flexibility index (Phi) is 3.74. The molecule has 1 amide bonds. The summed E-state index contributed by atoms with van der Waals surface area (Å²) >= 11 is 6.02. The molecule has 0 fully saturated rings. The fourth-order valence-corrected chi connectivity index (χ4v) is 1.61. The van der Waals surface area contributed by atoms with Gasteiger partial charge in [0.05, 0.1) is 22.9 Å². The molecule has 0 aliphatic heterocycles. The number of anilines is 1. The largest absolute Gasteiger partial charge is 0.378 e. The molecule has 3 N–H and O–H groups in total. The van der Waals surface area contributed by atoms with Crippen molar-refractivity contribution in [1.82, 2.24) is 9.97 Å². The predicted octanol–water partition coefficient (Wildman–Crippen LogP) is 1.84. The van der Waals surface area contributed by atoms with Crippen molar-refractivity contribution >= 4 is 23.2 Å². The van der Waals surface area contributed by atoms with Crippen LogP contribution in [0.1, 0.15) is 16.1 Å². The van der Waals surface area contributed by atoms with Gasteiger partial charge in [-0.2, -0.15) is 0 Å². The standard InChI is InChI=1S/C12H11ClN4O/c13-10-2-1-8(12(14)18)5-11(10)16-6-9-3-4-15-7-17-9/h1-5,7,16H,6H2,(H2,14,18). The number of halogens is 1. The number of rotatable bonds is 4. The van der Waals surface area contributed by atoms with Crippen LogP contribution in [-0.2, 0) is 6.54 Å². The quantitative estimate of drug-likeness (QED) is 0.881. The molecule has 18 heavy (non-hydrogen) atoms. The van der Waals surface area contributed by atoms with E-state index < -0.39 is 5.91 Å². The zero-order valence-electron chi connectivity index (χ0n) is 9.43. The highest BCUT2D eigenvalue weighted by Gasteiger charge is 2.05. The van der Waals surface area contributed by atoms with Crippen molar-refractivity contribution in [2.24, 2.45) is 5.73 Å². The van der Waals surface area contributed by atoms with Gasteiger partial charge in [0, 0.05) is 11.8 Å². The molecule has 0 saturated carbocycles. The zero-order chi connectivity index (χ0) is 13.0. The summed E-state index contributed by atoms with van der Waals surface area (Å²) in [5, 5.41) is 3.62. The number of hydrogen-bond acceptors (Lipinski definition) is 4. The summed E-state index contributed by atoms with van der Waals surface area (Å²) in [4.78, 5) is 19.0. The Morgan fingerprint density at radius 3 is 2.89 bits per heavy atom. The lowest BCUT2D eigenvalue weighted by Gasteiger charge is -2.08. The van der Waals surface area contributed by atoms with E-state index in [0.717, 1.165) is 5.69 Å². The molecule has 6 heteroatoms. The topological polar surface area (TPSA) is 80.9 Å². The Hall–Kier alpha value is -2.14. The van der Waals surface area contributed by atoms with E-state index >= 15 is 0 Å². The van der Waals surface area contributed by atoms with E-state index in [9.17, 15) is 4.79 Å². The normalized spacial score (nSPS) is 10.1. The number of amides is 1. The van der Waals surface area contributed by atoms with Gasteiger partial charge in [-0.3, -0.25) is 4.79 Å². The second-order valence-electron chi connectivity index (χ2n) is 3.61. The first-order valence-corrected chi connectivity index (χ1v) is 5.63. The van der Waals surface area contributed by atoms with Gasteiger partial charge in [-0.1, -0.05) is 11.6 Å². The van der Waals surface area contributed by atoms with Crippen molar-refractivity contribution in [2.75, 3.05) is 5.32 Å². The summed E-state index contributed by atoms with van der Waals surface area (Å²) < 4.78 is 0. The SMILES string of the molecule is NC(=O)c1ccc(Cl)c(NCc2ccncn2)c1. The van der Waals surface area contributed by atoms with Gasteiger partial charge in [0.2, 0.25) is 5.91 Å². The van der Waals surface area contributed by atoms with Gasteiger partial charge in [-0.25, -0.2) is 9.97 Å². The number of carbonyl (C=O) groups is 1. The molecule has 1 aromatic carbocycles. The maximum atomic E-state index is 11.1. The lowest BCUT2D eigenvalue weighted by Crippen LogP contribution is -2.11. The van der Waals surface area contributed by atoms with Gasteiger partial charge in [-0.15, -0.1) is 0 Å². The first kappa shape index (κ1) is 12.3. The molecule has 1 heterocycles. The van der Waals surface area contributed by atoms with E-state index in [1.165, 1.54) is 6.33 Å². The van der Waals surface area contributed by atoms with Crippen molar-refractivity contribution < 1.29 is 4.79 Å². The molecule has 0 bridgehead atoms. The van der Waals surface area contributed by atoms with E-state index in [4.69, 9.17) is 17.3 Å². The van der Waals surface area contributed by atoms with E-state index in [0.29, 0.717) is 22.8 Å². The van der Waals surface area contributed by atoms with Gasteiger partial charge in [0.25, 0.3) is 0 Å². The molecule has 0 atom stereocenters. The minimum atomic E-state index is -0.489.